The molecule has 106 valence electrons. The Morgan fingerprint density at radius 2 is 2.35 bits per heavy atom. The fraction of sp³-hybridized carbons (Fsp3) is 0.500. The van der Waals surface area contributed by atoms with E-state index in [0.717, 1.165) is 48.6 Å². The Labute approximate surface area is 121 Å². The lowest BCUT2D eigenvalue weighted by atomic mass is 10.1. The molecule has 2 aromatic rings. The van der Waals surface area contributed by atoms with Gasteiger partial charge in [-0.3, -0.25) is 5.10 Å². The Hall–Kier alpha value is -1.67. The predicted molar refractivity (Wildman–Crippen MR) is 75.8 cm³/mol. The number of aromatic nitrogens is 5. The number of nitrogens with zero attached hydrogens (tertiary/aromatic N) is 4. The smallest absolute Gasteiger partial charge is 0.183 e. The summed E-state index contributed by atoms with van der Waals surface area (Å²) in [5, 5.41) is 10.7. The second-order valence-corrected chi connectivity index (χ2v) is 5.54. The Bertz CT molecular complexity index is 529. The zero-order valence-electron chi connectivity index (χ0n) is 11.0. The molecule has 0 saturated carbocycles. The molecule has 3 heterocycles. The third kappa shape index (κ3) is 3.45. The molecule has 0 radical (unpaired) electrons. The highest BCUT2D eigenvalue weighted by atomic mass is 32.2. The summed E-state index contributed by atoms with van der Waals surface area (Å²) in [4.78, 5) is 12.6. The van der Waals surface area contributed by atoms with E-state index in [1.165, 1.54) is 6.33 Å². The first kappa shape index (κ1) is 13.3. The van der Waals surface area contributed by atoms with E-state index in [0.29, 0.717) is 5.92 Å². The van der Waals surface area contributed by atoms with Gasteiger partial charge in [0.1, 0.15) is 18.5 Å². The van der Waals surface area contributed by atoms with E-state index in [2.05, 4.69) is 30.5 Å². The Balaban J connectivity index is 1.48. The third-order valence-corrected chi connectivity index (χ3v) is 3.95. The van der Waals surface area contributed by atoms with Crippen LogP contribution in [0.15, 0.2) is 23.9 Å². The zero-order chi connectivity index (χ0) is 13.6. The summed E-state index contributed by atoms with van der Waals surface area (Å²) >= 11 is 1.62. The van der Waals surface area contributed by atoms with E-state index in [1.807, 2.05) is 6.07 Å². The molecule has 0 bridgehead atoms. The molecule has 1 aliphatic heterocycles. The number of hydrogen-bond acceptors (Lipinski definition) is 7. The number of ether oxygens (including phenoxy) is 1. The van der Waals surface area contributed by atoms with Crippen LogP contribution in [-0.4, -0.2) is 50.7 Å². The van der Waals surface area contributed by atoms with Crippen molar-refractivity contribution in [2.45, 2.75) is 17.5 Å². The van der Waals surface area contributed by atoms with Crippen LogP contribution in [0.25, 0.3) is 0 Å². The normalized spacial score (nSPS) is 18.3. The van der Waals surface area contributed by atoms with Crippen LogP contribution in [0.1, 0.15) is 18.0 Å². The van der Waals surface area contributed by atoms with E-state index in [9.17, 15) is 0 Å². The number of H-pyrrole nitrogens is 1. The van der Waals surface area contributed by atoms with Crippen LogP contribution in [0.2, 0.25) is 0 Å². The molecule has 3 rings (SSSR count). The number of anilines is 1. The summed E-state index contributed by atoms with van der Waals surface area (Å²) in [6, 6.07) is 2.01. The standard InChI is InChI=1S/C12H16N6OS/c1-3-19-6-9(1)10-5-11(15-7-14-10)13-2-4-20-12-16-8-17-18-12/h5,7-9H,1-4,6H2,(H,13,14,15)(H,16,17,18). The van der Waals surface area contributed by atoms with E-state index >= 15 is 0 Å². The Morgan fingerprint density at radius 3 is 3.15 bits per heavy atom. The summed E-state index contributed by atoms with van der Waals surface area (Å²) in [5.74, 6) is 2.16. The van der Waals surface area contributed by atoms with Crippen molar-refractivity contribution in [3.8, 4) is 0 Å². The van der Waals surface area contributed by atoms with Crippen molar-refractivity contribution in [2.75, 3.05) is 30.8 Å². The van der Waals surface area contributed by atoms with E-state index in [4.69, 9.17) is 4.74 Å². The second-order valence-electron chi connectivity index (χ2n) is 4.45. The molecule has 2 N–H and O–H groups in total. The highest BCUT2D eigenvalue weighted by molar-refractivity contribution is 7.99. The zero-order valence-corrected chi connectivity index (χ0v) is 11.8. The third-order valence-electron chi connectivity index (χ3n) is 3.08. The second kappa shape index (κ2) is 6.67. The molecule has 0 aromatic carbocycles. The fourth-order valence-corrected chi connectivity index (χ4v) is 2.69. The average Bonchev–Trinajstić information content (AvgIpc) is 3.17. The van der Waals surface area contributed by atoms with Gasteiger partial charge in [-0.15, -0.1) is 0 Å². The monoisotopic (exact) mass is 292 g/mol. The maximum absolute atomic E-state index is 5.39. The lowest BCUT2D eigenvalue weighted by Gasteiger charge is -2.09. The predicted octanol–water partition coefficient (Wildman–Crippen LogP) is 1.30. The maximum Gasteiger partial charge on any atom is 0.183 e. The fourth-order valence-electron chi connectivity index (χ4n) is 2.05. The quantitative estimate of drug-likeness (QED) is 0.613. The van der Waals surface area contributed by atoms with Gasteiger partial charge < -0.3 is 10.1 Å². The van der Waals surface area contributed by atoms with Gasteiger partial charge in [-0.05, 0) is 6.42 Å². The summed E-state index contributed by atoms with van der Waals surface area (Å²) in [7, 11) is 0. The molecule has 0 aliphatic carbocycles. The minimum Gasteiger partial charge on any atom is -0.381 e. The minimum absolute atomic E-state index is 0.405. The SMILES string of the molecule is c1nc(NCCSc2ncn[nH]2)cc(C2CCOC2)n1. The van der Waals surface area contributed by atoms with Crippen LogP contribution in [0.4, 0.5) is 5.82 Å². The van der Waals surface area contributed by atoms with Crippen molar-refractivity contribution in [1.29, 1.82) is 0 Å². The molecule has 7 nitrogen and oxygen atoms in total. The van der Waals surface area contributed by atoms with Crippen LogP contribution in [-0.2, 0) is 4.74 Å². The van der Waals surface area contributed by atoms with Crippen LogP contribution in [0.3, 0.4) is 0 Å². The van der Waals surface area contributed by atoms with E-state index < -0.39 is 0 Å². The lowest BCUT2D eigenvalue weighted by molar-refractivity contribution is 0.193. The molecule has 20 heavy (non-hydrogen) atoms. The van der Waals surface area contributed by atoms with Crippen molar-refractivity contribution in [3.63, 3.8) is 0 Å². The van der Waals surface area contributed by atoms with Gasteiger partial charge in [-0.2, -0.15) is 5.10 Å². The van der Waals surface area contributed by atoms with Crippen molar-refractivity contribution in [1.82, 2.24) is 25.1 Å². The highest BCUT2D eigenvalue weighted by Crippen LogP contribution is 2.24. The number of nitrogens with one attached hydrogen (secondary N) is 2. The first-order valence-electron chi connectivity index (χ1n) is 6.53. The lowest BCUT2D eigenvalue weighted by Crippen LogP contribution is -2.08. The average molecular weight is 292 g/mol. The number of rotatable bonds is 6. The summed E-state index contributed by atoms with van der Waals surface area (Å²) < 4.78 is 5.39. The van der Waals surface area contributed by atoms with Gasteiger partial charge in [0.05, 0.1) is 12.3 Å². The van der Waals surface area contributed by atoms with E-state index in [-0.39, 0.29) is 0 Å². The molecule has 1 atom stereocenters. The van der Waals surface area contributed by atoms with Gasteiger partial charge in [0.25, 0.3) is 0 Å². The Kier molecular flexibility index (Phi) is 4.44. The largest absolute Gasteiger partial charge is 0.381 e. The topological polar surface area (TPSA) is 88.6 Å². The molecule has 8 heteroatoms. The van der Waals surface area contributed by atoms with Crippen molar-refractivity contribution < 1.29 is 4.74 Å². The molecule has 0 amide bonds. The molecular formula is C12H16N6OS. The number of aromatic amines is 1. The van der Waals surface area contributed by atoms with Gasteiger partial charge in [0.2, 0.25) is 0 Å². The molecule has 2 aromatic heterocycles. The van der Waals surface area contributed by atoms with Crippen LogP contribution >= 0.6 is 11.8 Å². The highest BCUT2D eigenvalue weighted by Gasteiger charge is 2.19. The van der Waals surface area contributed by atoms with Crippen molar-refractivity contribution in [3.05, 3.63) is 24.4 Å². The summed E-state index contributed by atoms with van der Waals surface area (Å²) in [5.41, 5.74) is 1.06. The summed E-state index contributed by atoms with van der Waals surface area (Å²) in [6.07, 6.45) is 4.16. The maximum atomic E-state index is 5.39. The first-order valence-corrected chi connectivity index (χ1v) is 7.52. The molecular weight excluding hydrogens is 276 g/mol. The van der Waals surface area contributed by atoms with E-state index in [1.54, 1.807) is 18.1 Å². The molecule has 1 aliphatic rings. The molecule has 1 unspecified atom stereocenters. The van der Waals surface area contributed by atoms with Gasteiger partial charge in [0.15, 0.2) is 5.16 Å². The molecule has 0 spiro atoms. The molecule has 1 saturated heterocycles. The van der Waals surface area contributed by atoms with Gasteiger partial charge in [0, 0.05) is 30.9 Å². The Morgan fingerprint density at radius 1 is 1.35 bits per heavy atom. The van der Waals surface area contributed by atoms with Crippen molar-refractivity contribution in [2.24, 2.45) is 0 Å². The van der Waals surface area contributed by atoms with Crippen LogP contribution in [0, 0.1) is 0 Å². The number of hydrogen-bond donors (Lipinski definition) is 2. The summed E-state index contributed by atoms with van der Waals surface area (Å²) in [6.45, 7) is 2.39. The van der Waals surface area contributed by atoms with Crippen molar-refractivity contribution >= 4 is 17.6 Å². The van der Waals surface area contributed by atoms with Gasteiger partial charge in [-0.25, -0.2) is 15.0 Å². The van der Waals surface area contributed by atoms with Gasteiger partial charge >= 0.3 is 0 Å². The van der Waals surface area contributed by atoms with Gasteiger partial charge in [-0.1, -0.05) is 11.8 Å². The van der Waals surface area contributed by atoms with Crippen LogP contribution < -0.4 is 5.32 Å². The van der Waals surface area contributed by atoms with Crippen LogP contribution in [0.5, 0.6) is 0 Å². The first-order chi connectivity index (χ1) is 9.92. The minimum atomic E-state index is 0.405. The molecule has 1 fully saturated rings. The number of thioether (sulfide) groups is 1.